The molecule has 12 aromatic rings. The molecule has 0 saturated carbocycles. The zero-order chi connectivity index (χ0) is 42.6. The molecule has 10 aromatic carbocycles. The van der Waals surface area contributed by atoms with Gasteiger partial charge in [0.15, 0.2) is 5.58 Å². The van der Waals surface area contributed by atoms with Crippen molar-refractivity contribution in [3.63, 3.8) is 0 Å². The van der Waals surface area contributed by atoms with Gasteiger partial charge in [-0.25, -0.2) is 9.97 Å². The predicted molar refractivity (Wildman–Crippen MR) is 264 cm³/mol. The Labute approximate surface area is 370 Å². The molecule has 2 aromatic heterocycles. The summed E-state index contributed by atoms with van der Waals surface area (Å²) >= 11 is 1.72. The van der Waals surface area contributed by atoms with Crippen LogP contribution in [-0.2, 0) is 0 Å². The van der Waals surface area contributed by atoms with Crippen molar-refractivity contribution in [1.82, 2.24) is 9.97 Å². The van der Waals surface area contributed by atoms with Crippen LogP contribution in [0.3, 0.4) is 0 Å². The lowest BCUT2D eigenvalue weighted by Gasteiger charge is -2.26. The van der Waals surface area contributed by atoms with Crippen LogP contribution in [0.4, 0.5) is 17.1 Å². The van der Waals surface area contributed by atoms with Gasteiger partial charge in [0.2, 0.25) is 5.89 Å². The smallest absolute Gasteiger partial charge is 0.227 e. The second-order valence-electron chi connectivity index (χ2n) is 15.8. The van der Waals surface area contributed by atoms with Gasteiger partial charge in [-0.1, -0.05) is 140 Å². The van der Waals surface area contributed by atoms with Crippen LogP contribution in [0.15, 0.2) is 229 Å². The van der Waals surface area contributed by atoms with E-state index < -0.39 is 0 Å². The number of anilines is 3. The third-order valence-electron chi connectivity index (χ3n) is 11.8. The number of aromatic nitrogens is 2. The van der Waals surface area contributed by atoms with Gasteiger partial charge in [0.1, 0.15) is 10.5 Å². The number of nitrogens with zero attached hydrogens (tertiary/aromatic N) is 3. The molecule has 12 rings (SSSR count). The van der Waals surface area contributed by atoms with Crippen LogP contribution in [-0.4, -0.2) is 9.97 Å². The summed E-state index contributed by atoms with van der Waals surface area (Å²) in [6.45, 7) is 0. The van der Waals surface area contributed by atoms with Crippen LogP contribution in [0.25, 0.3) is 98.3 Å². The fourth-order valence-electron chi connectivity index (χ4n) is 8.48. The van der Waals surface area contributed by atoms with E-state index in [0.29, 0.717) is 11.9 Å². The molecular formula is C58H37N3OS. The second-order valence-corrected chi connectivity index (χ2v) is 16.8. The Hall–Kier alpha value is -8.12. The molecular weight excluding hydrogens is 787 g/mol. The summed E-state index contributed by atoms with van der Waals surface area (Å²) < 4.78 is 16.6. The first-order valence-corrected chi connectivity index (χ1v) is 21.9. The molecule has 0 N–H and O–H groups in total. The molecule has 5 heteroatoms. The first kappa shape index (κ1) is 35.6. The highest BCUT2D eigenvalue weighted by Crippen LogP contribution is 2.40. The Morgan fingerprint density at radius 2 is 0.889 bits per heavy atom. The van der Waals surface area contributed by atoms with E-state index in [-0.39, 0.29) is 0 Å². The molecule has 0 radical (unpaired) electrons. The molecule has 0 fully saturated rings. The Morgan fingerprint density at radius 1 is 0.381 bits per heavy atom. The Bertz CT molecular complexity index is 3440. The molecule has 2 heterocycles. The Balaban J connectivity index is 0.880. The van der Waals surface area contributed by atoms with Crippen molar-refractivity contribution in [2.75, 3.05) is 4.90 Å². The maximum Gasteiger partial charge on any atom is 0.227 e. The van der Waals surface area contributed by atoms with Crippen molar-refractivity contribution < 1.29 is 5.79 Å². The first-order chi connectivity index (χ1) is 31.6. The van der Waals surface area contributed by atoms with E-state index in [1.54, 1.807) is 11.3 Å². The summed E-state index contributed by atoms with van der Waals surface area (Å²) in [6, 6.07) is 76.7. The van der Waals surface area contributed by atoms with E-state index in [2.05, 4.69) is 198 Å². The lowest BCUT2D eigenvalue weighted by molar-refractivity contribution is 0.620. The summed E-state index contributed by atoms with van der Waals surface area (Å²) in [5.41, 5.74) is 14.2. The molecule has 0 atom stereocenters. The highest BCUT2D eigenvalue weighted by atomic mass is 32.1. The van der Waals surface area contributed by atoms with Crippen LogP contribution in [0.5, 0.6) is 0 Å². The minimum Gasteiger partial charge on any atom is -0.436 e. The number of para-hydroxylation sites is 3. The van der Waals surface area contributed by atoms with Crippen LogP contribution in [0.2, 0.25) is 0 Å². The number of rotatable bonds is 8. The van der Waals surface area contributed by atoms with E-state index in [4.69, 9.17) is 9.40 Å². The first-order valence-electron chi connectivity index (χ1n) is 21.5. The van der Waals surface area contributed by atoms with Gasteiger partial charge >= 0.3 is 0 Å². The molecule has 296 valence electrons. The zero-order valence-electron chi connectivity index (χ0n) is 34.9. The van der Waals surface area contributed by atoms with Crippen molar-refractivity contribution in [2.45, 2.75) is 0 Å². The van der Waals surface area contributed by atoms with Gasteiger partial charge in [0.05, 0.1) is 11.6 Å². The average molecular weight is 825 g/mol. The van der Waals surface area contributed by atoms with Crippen molar-refractivity contribution in [1.29, 1.82) is 0 Å². The maximum atomic E-state index is 9.35. The minimum atomic E-state index is 0.524. The molecule has 0 saturated heterocycles. The van der Waals surface area contributed by atoms with E-state index in [1.165, 1.54) is 15.5 Å². The summed E-state index contributed by atoms with van der Waals surface area (Å²) in [6.07, 6.45) is 0. The number of hydrogen-bond donors (Lipinski definition) is 0. The third kappa shape index (κ3) is 7.01. The van der Waals surface area contributed by atoms with Gasteiger partial charge in [-0.3, -0.25) is 0 Å². The van der Waals surface area contributed by atoms with Crippen molar-refractivity contribution >= 4 is 71.3 Å². The largest absolute Gasteiger partial charge is 0.436 e. The molecule has 0 spiro atoms. The number of benzene rings is 10. The van der Waals surface area contributed by atoms with Gasteiger partial charge in [-0.15, -0.1) is 11.3 Å². The number of thiazole rings is 1. The van der Waals surface area contributed by atoms with Gasteiger partial charge < -0.3 is 9.32 Å². The fraction of sp³-hybridized carbons (Fsp3) is 0. The van der Waals surface area contributed by atoms with Crippen molar-refractivity contribution in [3.05, 3.63) is 224 Å². The van der Waals surface area contributed by atoms with Crippen LogP contribution in [0.1, 0.15) is 1.37 Å². The highest BCUT2D eigenvalue weighted by Gasteiger charge is 2.16. The second kappa shape index (κ2) is 15.4. The maximum absolute atomic E-state index is 9.35. The van der Waals surface area contributed by atoms with Crippen LogP contribution < -0.4 is 4.90 Å². The normalized spacial score (nSPS) is 11.7. The Morgan fingerprint density at radius 3 is 1.59 bits per heavy atom. The molecule has 0 amide bonds. The zero-order valence-corrected chi connectivity index (χ0v) is 34.8. The Kier molecular flexibility index (Phi) is 8.71. The van der Waals surface area contributed by atoms with Crippen molar-refractivity contribution in [3.8, 4) is 55.4 Å². The SMILES string of the molecule is [2H]c1c(-c2ccc3ccccc3c2)ccc2cc(N(c3ccc(-c4ccc(-c5nc6ccccc6o5)cc4)cc3)c3ccc(-c4ccc(-c5nc6ccccc6s5)cc4)cc3)ccc12. The monoisotopic (exact) mass is 824 g/mol. The van der Waals surface area contributed by atoms with Crippen molar-refractivity contribution in [2.24, 2.45) is 0 Å². The molecule has 0 aliphatic heterocycles. The molecule has 4 nitrogen and oxygen atoms in total. The molecule has 0 unspecified atom stereocenters. The van der Waals surface area contributed by atoms with Crippen LogP contribution in [0, 0.1) is 0 Å². The van der Waals surface area contributed by atoms with Gasteiger partial charge in [0, 0.05) is 28.2 Å². The predicted octanol–water partition coefficient (Wildman–Crippen LogP) is 16.5. The third-order valence-corrected chi connectivity index (χ3v) is 12.9. The van der Waals surface area contributed by atoms with E-state index in [1.807, 2.05) is 30.3 Å². The van der Waals surface area contributed by atoms with Gasteiger partial charge in [0.25, 0.3) is 0 Å². The van der Waals surface area contributed by atoms with Gasteiger partial charge in [-0.2, -0.15) is 0 Å². The summed E-state index contributed by atoms with van der Waals surface area (Å²) in [5.74, 6) is 0.615. The van der Waals surface area contributed by atoms with E-state index in [9.17, 15) is 1.37 Å². The standard InChI is InChI=1S/C58H37N3OS/c1-2-8-45-35-46(22-17-38(45)7-1)47-23-24-49-37-52(34-29-48(49)36-47)61(50-30-25-41(26-31-50)39-13-18-43(19-14-39)57-59-53-9-3-5-11-55(53)62-57)51-32-27-42(28-33-51)40-15-20-44(21-16-40)58-60-54-10-4-6-12-56(54)63-58/h1-37H/i36D. The quantitative estimate of drug-likeness (QED) is 0.153. The average Bonchev–Trinajstić information content (AvgIpc) is 4.00. The molecule has 0 aliphatic rings. The lowest BCUT2D eigenvalue weighted by atomic mass is 9.98. The van der Waals surface area contributed by atoms with E-state index >= 15 is 0 Å². The van der Waals surface area contributed by atoms with Gasteiger partial charge in [-0.05, 0) is 140 Å². The molecule has 0 aliphatic carbocycles. The lowest BCUT2D eigenvalue weighted by Crippen LogP contribution is -2.09. The summed E-state index contributed by atoms with van der Waals surface area (Å²) in [5, 5.41) is 5.31. The number of oxazole rings is 1. The number of fused-ring (bicyclic) bond motifs is 4. The summed E-state index contributed by atoms with van der Waals surface area (Å²) in [4.78, 5) is 11.8. The highest BCUT2D eigenvalue weighted by molar-refractivity contribution is 7.21. The topological polar surface area (TPSA) is 42.2 Å². The number of hydrogen-bond acceptors (Lipinski definition) is 5. The summed E-state index contributed by atoms with van der Waals surface area (Å²) in [7, 11) is 0. The minimum absolute atomic E-state index is 0.524. The molecule has 0 bridgehead atoms. The van der Waals surface area contributed by atoms with E-state index in [0.717, 1.165) is 94.0 Å². The fourth-order valence-corrected chi connectivity index (χ4v) is 9.45. The van der Waals surface area contributed by atoms with Crippen LogP contribution >= 0.6 is 11.3 Å². The molecule has 63 heavy (non-hydrogen) atoms.